The Hall–Kier alpha value is -0.921. The maximum absolute atomic E-state index is 11.9. The standard InChI is InChI=1S/C14H16O2Se/c15-12-7-4-8-13(10-12)17-14(16)9-11-5-2-1-3-6-11/h1-3,5-6,13H,4,7-10H2. The fraction of sp³-hybridized carbons (Fsp3) is 0.429. The van der Waals surface area contributed by atoms with Crippen molar-refractivity contribution in [1.82, 2.24) is 0 Å². The molecule has 0 spiro atoms. The van der Waals surface area contributed by atoms with Crippen molar-refractivity contribution in [2.45, 2.75) is 36.9 Å². The quantitative estimate of drug-likeness (QED) is 0.799. The Balaban J connectivity index is 1.83. The molecule has 0 radical (unpaired) electrons. The van der Waals surface area contributed by atoms with Crippen LogP contribution in [0.3, 0.4) is 0 Å². The molecule has 2 nitrogen and oxygen atoms in total. The molecule has 2 rings (SSSR count). The van der Waals surface area contributed by atoms with Gasteiger partial charge < -0.3 is 0 Å². The van der Waals surface area contributed by atoms with Crippen LogP contribution in [0.25, 0.3) is 0 Å². The van der Waals surface area contributed by atoms with Crippen LogP contribution in [0, 0.1) is 0 Å². The van der Waals surface area contributed by atoms with Crippen molar-refractivity contribution in [3.63, 3.8) is 0 Å². The molecule has 0 aromatic heterocycles. The van der Waals surface area contributed by atoms with Gasteiger partial charge in [0.2, 0.25) is 0 Å². The zero-order chi connectivity index (χ0) is 12.1. The summed E-state index contributed by atoms with van der Waals surface area (Å²) in [6.07, 6.45) is 3.93. The number of benzene rings is 1. The van der Waals surface area contributed by atoms with Crippen LogP contribution in [-0.2, 0) is 16.0 Å². The van der Waals surface area contributed by atoms with E-state index >= 15 is 0 Å². The van der Waals surface area contributed by atoms with E-state index in [1.165, 1.54) is 0 Å². The SMILES string of the molecule is O=C1CCCC([Se]C(=O)Cc2ccccc2)C1. The molecule has 0 saturated heterocycles. The molecule has 0 amide bonds. The van der Waals surface area contributed by atoms with Gasteiger partial charge in [0.15, 0.2) is 0 Å². The minimum atomic E-state index is -0.0219. The predicted octanol–water partition coefficient (Wildman–Crippen LogP) is 2.39. The molecular formula is C14H16O2Se. The van der Waals surface area contributed by atoms with Gasteiger partial charge in [0.1, 0.15) is 0 Å². The summed E-state index contributed by atoms with van der Waals surface area (Å²) in [6.45, 7) is 0. The van der Waals surface area contributed by atoms with Gasteiger partial charge in [0, 0.05) is 0 Å². The van der Waals surface area contributed by atoms with Gasteiger partial charge in [-0.05, 0) is 0 Å². The second-order valence-corrected chi connectivity index (χ2v) is 7.26. The number of hydrogen-bond donors (Lipinski definition) is 0. The van der Waals surface area contributed by atoms with E-state index in [-0.39, 0.29) is 15.0 Å². The first-order chi connectivity index (χ1) is 8.24. The van der Waals surface area contributed by atoms with E-state index in [4.69, 9.17) is 0 Å². The van der Waals surface area contributed by atoms with Crippen LogP contribution in [-0.4, -0.2) is 25.4 Å². The molecule has 1 aromatic carbocycles. The Morgan fingerprint density at radius 1 is 1.29 bits per heavy atom. The molecule has 1 aliphatic rings. The average Bonchev–Trinajstić information content (AvgIpc) is 2.30. The normalized spacial score (nSPS) is 20.2. The summed E-state index contributed by atoms with van der Waals surface area (Å²) >= 11 is -0.0219. The van der Waals surface area contributed by atoms with Gasteiger partial charge in [-0.1, -0.05) is 0 Å². The van der Waals surface area contributed by atoms with Gasteiger partial charge >= 0.3 is 108 Å². The number of carbonyl (C=O) groups excluding carboxylic acids is 2. The first-order valence-corrected chi connectivity index (χ1v) is 7.84. The fourth-order valence-corrected chi connectivity index (χ4v) is 4.54. The van der Waals surface area contributed by atoms with Gasteiger partial charge in [0.25, 0.3) is 0 Å². The summed E-state index contributed by atoms with van der Waals surface area (Å²) in [6, 6.07) is 9.85. The summed E-state index contributed by atoms with van der Waals surface area (Å²) in [5.41, 5.74) is 1.08. The van der Waals surface area contributed by atoms with Crippen molar-refractivity contribution >= 4 is 25.4 Å². The first-order valence-electron chi connectivity index (χ1n) is 5.99. The van der Waals surface area contributed by atoms with Gasteiger partial charge in [-0.3, -0.25) is 0 Å². The van der Waals surface area contributed by atoms with Gasteiger partial charge in [-0.2, -0.15) is 0 Å². The second kappa shape index (κ2) is 6.13. The third-order valence-corrected chi connectivity index (χ3v) is 5.32. The van der Waals surface area contributed by atoms with Crippen molar-refractivity contribution in [2.24, 2.45) is 0 Å². The van der Waals surface area contributed by atoms with Crippen molar-refractivity contribution in [1.29, 1.82) is 0 Å². The van der Waals surface area contributed by atoms with Crippen LogP contribution in [0.1, 0.15) is 31.2 Å². The monoisotopic (exact) mass is 296 g/mol. The molecule has 3 heteroatoms. The topological polar surface area (TPSA) is 34.1 Å². The number of Topliss-reactive ketones (excluding diaryl/α,β-unsaturated/α-hetero) is 1. The molecule has 1 saturated carbocycles. The summed E-state index contributed by atoms with van der Waals surface area (Å²) < 4.78 is 0.323. The predicted molar refractivity (Wildman–Crippen MR) is 68.1 cm³/mol. The second-order valence-electron chi connectivity index (χ2n) is 4.41. The van der Waals surface area contributed by atoms with E-state index in [2.05, 4.69) is 0 Å². The van der Waals surface area contributed by atoms with Crippen LogP contribution in [0.4, 0.5) is 0 Å². The summed E-state index contributed by atoms with van der Waals surface area (Å²) in [4.78, 5) is 23.6. The van der Waals surface area contributed by atoms with Crippen LogP contribution < -0.4 is 0 Å². The van der Waals surface area contributed by atoms with Crippen molar-refractivity contribution in [3.8, 4) is 0 Å². The van der Waals surface area contributed by atoms with Gasteiger partial charge in [-0.25, -0.2) is 0 Å². The number of hydrogen-bond acceptors (Lipinski definition) is 2. The van der Waals surface area contributed by atoms with Crippen molar-refractivity contribution in [2.75, 3.05) is 0 Å². The molecule has 1 fully saturated rings. The van der Waals surface area contributed by atoms with E-state index in [0.717, 1.165) is 24.8 Å². The Morgan fingerprint density at radius 2 is 2.06 bits per heavy atom. The minimum absolute atomic E-state index is 0.0219. The zero-order valence-electron chi connectivity index (χ0n) is 9.72. The van der Waals surface area contributed by atoms with E-state index in [1.54, 1.807) is 0 Å². The molecule has 1 aliphatic carbocycles. The van der Waals surface area contributed by atoms with Crippen LogP contribution in [0.2, 0.25) is 4.82 Å². The fourth-order valence-electron chi connectivity index (χ4n) is 2.08. The molecule has 1 aromatic rings. The van der Waals surface area contributed by atoms with Gasteiger partial charge in [0.05, 0.1) is 0 Å². The molecule has 0 N–H and O–H groups in total. The van der Waals surface area contributed by atoms with Crippen LogP contribution in [0.15, 0.2) is 30.3 Å². The maximum atomic E-state index is 11.9. The summed E-state index contributed by atoms with van der Waals surface area (Å²) in [7, 11) is 0. The Bertz CT molecular complexity index is 400. The zero-order valence-corrected chi connectivity index (χ0v) is 11.4. The molecule has 17 heavy (non-hydrogen) atoms. The van der Waals surface area contributed by atoms with Gasteiger partial charge in [-0.15, -0.1) is 0 Å². The molecule has 1 unspecified atom stereocenters. The number of ketones is 1. The molecule has 0 heterocycles. The van der Waals surface area contributed by atoms with Crippen molar-refractivity contribution < 1.29 is 9.59 Å². The molecule has 0 bridgehead atoms. The van der Waals surface area contributed by atoms with Crippen LogP contribution >= 0.6 is 0 Å². The van der Waals surface area contributed by atoms with Crippen molar-refractivity contribution in [3.05, 3.63) is 35.9 Å². The number of rotatable bonds is 4. The van der Waals surface area contributed by atoms with E-state index in [1.807, 2.05) is 30.3 Å². The Labute approximate surface area is 108 Å². The Morgan fingerprint density at radius 3 is 2.76 bits per heavy atom. The molecule has 1 atom stereocenters. The summed E-state index contributed by atoms with van der Waals surface area (Å²) in [5.74, 6) is 0.343. The third kappa shape index (κ3) is 4.10. The average molecular weight is 295 g/mol. The summed E-state index contributed by atoms with van der Waals surface area (Å²) in [5, 5.41) is 0. The third-order valence-electron chi connectivity index (χ3n) is 2.93. The Kier molecular flexibility index (Phi) is 4.52. The van der Waals surface area contributed by atoms with Crippen LogP contribution in [0.5, 0.6) is 0 Å². The molecule has 90 valence electrons. The number of carbonyl (C=O) groups is 2. The van der Waals surface area contributed by atoms with E-state index in [0.29, 0.717) is 28.1 Å². The first kappa shape index (κ1) is 12.5. The van der Waals surface area contributed by atoms with E-state index < -0.39 is 0 Å². The molecular weight excluding hydrogens is 279 g/mol. The molecule has 0 aliphatic heterocycles. The van der Waals surface area contributed by atoms with E-state index in [9.17, 15) is 9.59 Å².